The van der Waals surface area contributed by atoms with Gasteiger partial charge >= 0.3 is 12.1 Å². The topological polar surface area (TPSA) is 90.5 Å². The minimum Gasteiger partial charge on any atom is -0.331 e. The number of nitrogens with one attached hydrogen (secondary N) is 3. The zero-order valence-corrected chi connectivity index (χ0v) is 14.4. The van der Waals surface area contributed by atoms with Crippen LogP contribution in [0.3, 0.4) is 0 Å². The van der Waals surface area contributed by atoms with E-state index in [1.165, 1.54) is 0 Å². The molecule has 5 amide bonds. The smallest absolute Gasteiger partial charge is 0.331 e. The van der Waals surface area contributed by atoms with Crippen LogP contribution in [-0.2, 0) is 4.79 Å². The van der Waals surface area contributed by atoms with Gasteiger partial charge in [0, 0.05) is 15.7 Å². The largest absolute Gasteiger partial charge is 0.343 e. The summed E-state index contributed by atoms with van der Waals surface area (Å²) in [4.78, 5) is 35.1. The molecule has 1 aromatic rings. The number of benzene rings is 1. The predicted octanol–water partition coefficient (Wildman–Crippen LogP) is 2.99. The van der Waals surface area contributed by atoms with Crippen LogP contribution >= 0.6 is 15.9 Å². The Kier molecular flexibility index (Phi) is 5.59. The average Bonchev–Trinajstić information content (AvgIpc) is 2.93. The quantitative estimate of drug-likeness (QED) is 0.554. The van der Waals surface area contributed by atoms with Crippen molar-refractivity contribution in [2.24, 2.45) is 0 Å². The second-order valence-electron chi connectivity index (χ2n) is 5.75. The fourth-order valence-corrected chi connectivity index (χ4v) is 2.79. The fourth-order valence-electron chi connectivity index (χ4n) is 2.53. The van der Waals surface area contributed by atoms with Crippen molar-refractivity contribution in [3.63, 3.8) is 0 Å². The van der Waals surface area contributed by atoms with Crippen LogP contribution in [0, 0.1) is 0 Å². The van der Waals surface area contributed by atoms with Gasteiger partial charge in [-0.15, -0.1) is 0 Å². The molecule has 3 N–H and O–H groups in total. The van der Waals surface area contributed by atoms with Gasteiger partial charge in [-0.2, -0.15) is 5.01 Å². The van der Waals surface area contributed by atoms with Gasteiger partial charge in [0.25, 0.3) is 0 Å². The summed E-state index contributed by atoms with van der Waals surface area (Å²) < 4.78 is 0.877. The summed E-state index contributed by atoms with van der Waals surface area (Å²) in [6.45, 7) is 1.93. The summed E-state index contributed by atoms with van der Waals surface area (Å²) in [6, 6.07) is 5.59. The minimum absolute atomic E-state index is 0.273. The number of nitrogens with zero attached hydrogens (tertiary/aromatic N) is 1. The highest BCUT2D eigenvalue weighted by atomic mass is 79.9. The van der Waals surface area contributed by atoms with Gasteiger partial charge in [-0.3, -0.25) is 4.79 Å². The number of halogens is 1. The maximum atomic E-state index is 12.1. The van der Waals surface area contributed by atoms with Crippen molar-refractivity contribution in [3.05, 3.63) is 28.7 Å². The first-order valence-electron chi connectivity index (χ1n) is 7.32. The second-order valence-corrected chi connectivity index (χ2v) is 6.66. The lowest BCUT2D eigenvalue weighted by Crippen LogP contribution is -2.56. The van der Waals surface area contributed by atoms with Gasteiger partial charge in [0.1, 0.15) is 0 Å². The lowest BCUT2D eigenvalue weighted by Gasteiger charge is -2.28. The van der Waals surface area contributed by atoms with Crippen LogP contribution in [-0.4, -0.2) is 29.0 Å². The van der Waals surface area contributed by atoms with Crippen molar-refractivity contribution >= 4 is 40.1 Å². The Morgan fingerprint density at radius 1 is 1.22 bits per heavy atom. The van der Waals surface area contributed by atoms with Crippen LogP contribution in [0.4, 0.5) is 15.3 Å². The van der Waals surface area contributed by atoms with Crippen molar-refractivity contribution < 1.29 is 14.4 Å². The van der Waals surface area contributed by atoms with Crippen molar-refractivity contribution in [1.29, 1.82) is 0 Å². The van der Waals surface area contributed by atoms with Crippen LogP contribution < -0.4 is 16.1 Å². The Morgan fingerprint density at radius 2 is 1.83 bits per heavy atom. The van der Waals surface area contributed by atoms with Crippen molar-refractivity contribution in [2.75, 3.05) is 5.32 Å². The first kappa shape index (κ1) is 17.3. The number of hydrogen-bond acceptors (Lipinski definition) is 3. The molecule has 1 aliphatic rings. The van der Waals surface area contributed by atoms with E-state index in [9.17, 15) is 14.4 Å². The normalized spacial score (nSPS) is 15.6. The number of amides is 5. The number of anilines is 1. The van der Waals surface area contributed by atoms with Gasteiger partial charge < -0.3 is 10.6 Å². The molecule has 0 saturated heterocycles. The summed E-state index contributed by atoms with van der Waals surface area (Å²) in [5.74, 6) is 0. The fraction of sp³-hybridized carbons (Fsp3) is 0.400. The second kappa shape index (κ2) is 7.45. The van der Waals surface area contributed by atoms with E-state index < -0.39 is 12.1 Å². The van der Waals surface area contributed by atoms with E-state index >= 15 is 0 Å². The van der Waals surface area contributed by atoms with Gasteiger partial charge in [0.15, 0.2) is 0 Å². The number of imide groups is 1. The molecule has 23 heavy (non-hydrogen) atoms. The zero-order chi connectivity index (χ0) is 16.9. The van der Waals surface area contributed by atoms with Crippen LogP contribution in [0.15, 0.2) is 28.7 Å². The van der Waals surface area contributed by atoms with E-state index in [1.807, 2.05) is 6.92 Å². The van der Waals surface area contributed by atoms with Gasteiger partial charge in [-0.25, -0.2) is 15.0 Å². The van der Waals surface area contributed by atoms with Crippen LogP contribution in [0.5, 0.6) is 0 Å². The molecular formula is C15H19BrN4O3. The molecule has 1 saturated carbocycles. The first-order chi connectivity index (χ1) is 10.9. The maximum Gasteiger partial charge on any atom is 0.343 e. The highest BCUT2D eigenvalue weighted by Crippen LogP contribution is 2.28. The third-order valence-corrected chi connectivity index (χ3v) is 4.29. The molecule has 8 heteroatoms. The lowest BCUT2D eigenvalue weighted by molar-refractivity contribution is -0.117. The summed E-state index contributed by atoms with van der Waals surface area (Å²) in [5.41, 5.74) is 2.42. The molecular weight excluding hydrogens is 364 g/mol. The first-order valence-corrected chi connectivity index (χ1v) is 8.11. The molecule has 1 aliphatic carbocycles. The maximum absolute atomic E-state index is 12.1. The Morgan fingerprint density at radius 3 is 2.39 bits per heavy atom. The third kappa shape index (κ3) is 4.95. The number of carbonyl (C=O) groups excluding carboxylic acids is 3. The summed E-state index contributed by atoms with van der Waals surface area (Å²) in [6.07, 6.45) is 4.06. The van der Waals surface area contributed by atoms with E-state index in [2.05, 4.69) is 32.0 Å². The molecule has 1 fully saturated rings. The highest BCUT2D eigenvalue weighted by molar-refractivity contribution is 9.10. The minimum atomic E-state index is -0.675. The van der Waals surface area contributed by atoms with E-state index in [-0.39, 0.29) is 11.9 Å². The Hall–Kier alpha value is -2.09. The van der Waals surface area contributed by atoms with E-state index in [1.54, 1.807) is 24.3 Å². The van der Waals surface area contributed by atoms with Crippen LogP contribution in [0.2, 0.25) is 0 Å². The number of urea groups is 2. The molecule has 0 aliphatic heterocycles. The molecule has 0 unspecified atom stereocenters. The molecule has 0 bridgehead atoms. The van der Waals surface area contributed by atoms with Crippen LogP contribution in [0.1, 0.15) is 32.6 Å². The SMILES string of the molecule is CC1(NC(=O)N(C=O)NC(=O)Nc2ccc(Br)cc2)CCCC1. The highest BCUT2D eigenvalue weighted by Gasteiger charge is 2.32. The van der Waals surface area contributed by atoms with Gasteiger partial charge in [0.2, 0.25) is 6.41 Å². The Labute approximate surface area is 142 Å². The van der Waals surface area contributed by atoms with Gasteiger partial charge in [-0.05, 0) is 44.0 Å². The number of rotatable bonds is 3. The molecule has 2 rings (SSSR count). The monoisotopic (exact) mass is 382 g/mol. The van der Waals surface area contributed by atoms with Gasteiger partial charge in [0.05, 0.1) is 0 Å². The standard InChI is InChI=1S/C15H19BrN4O3/c1-15(8-2-3-9-15)18-14(23)20(10-21)19-13(22)17-12-6-4-11(16)5-7-12/h4-7,10H,2-3,8-9H2,1H3,(H,18,23)(H2,17,19,22). The van der Waals surface area contributed by atoms with Crippen LogP contribution in [0.25, 0.3) is 0 Å². The predicted molar refractivity (Wildman–Crippen MR) is 89.6 cm³/mol. The molecule has 0 spiro atoms. The number of hydrazine groups is 1. The Balaban J connectivity index is 1.90. The molecule has 7 nitrogen and oxygen atoms in total. The third-order valence-electron chi connectivity index (χ3n) is 3.76. The molecule has 0 heterocycles. The van der Waals surface area contributed by atoms with E-state index in [0.29, 0.717) is 10.7 Å². The zero-order valence-electron chi connectivity index (χ0n) is 12.8. The molecule has 124 valence electrons. The molecule has 0 radical (unpaired) electrons. The van der Waals surface area contributed by atoms with E-state index in [4.69, 9.17) is 0 Å². The molecule has 0 atom stereocenters. The van der Waals surface area contributed by atoms with E-state index in [0.717, 1.165) is 30.2 Å². The number of carbonyl (C=O) groups is 3. The van der Waals surface area contributed by atoms with Crippen molar-refractivity contribution in [3.8, 4) is 0 Å². The lowest BCUT2D eigenvalue weighted by atomic mass is 10.0. The molecule has 0 aromatic heterocycles. The summed E-state index contributed by atoms with van der Waals surface area (Å²) in [5, 5.41) is 5.94. The Bertz CT molecular complexity index is 585. The van der Waals surface area contributed by atoms with Crippen molar-refractivity contribution in [1.82, 2.24) is 15.8 Å². The van der Waals surface area contributed by atoms with Gasteiger partial charge in [-0.1, -0.05) is 28.8 Å². The summed E-state index contributed by atoms with van der Waals surface area (Å²) in [7, 11) is 0. The molecule has 1 aromatic carbocycles. The van der Waals surface area contributed by atoms with Crippen molar-refractivity contribution in [2.45, 2.75) is 38.1 Å². The summed E-state index contributed by atoms with van der Waals surface area (Å²) >= 11 is 3.29. The number of hydrogen-bond donors (Lipinski definition) is 3. The average molecular weight is 383 g/mol.